The molecule has 5 heteroatoms. The molecule has 1 saturated heterocycles. The Balaban J connectivity index is 1.61. The fraction of sp³-hybridized carbons (Fsp3) is 0.938. The second kappa shape index (κ2) is 6.63. The predicted octanol–water partition coefficient (Wildman–Crippen LogP) is 1.17. The molecule has 1 heterocycles. The second-order valence-electron chi connectivity index (χ2n) is 6.71. The molecule has 3 fully saturated rings. The summed E-state index contributed by atoms with van der Waals surface area (Å²) in [6.45, 7) is 4.79. The van der Waals surface area contributed by atoms with Gasteiger partial charge in [0.2, 0.25) is 0 Å². The zero-order valence-corrected chi connectivity index (χ0v) is 13.1. The average molecular weight is 296 g/mol. The minimum atomic E-state index is -0.414. The Labute approximate surface area is 127 Å². The van der Waals surface area contributed by atoms with Crippen LogP contribution in [0.1, 0.15) is 38.5 Å². The molecule has 0 aromatic rings. The molecule has 0 spiro atoms. The van der Waals surface area contributed by atoms with Gasteiger partial charge in [-0.15, -0.1) is 0 Å². The molecular weight excluding hydrogens is 268 g/mol. The van der Waals surface area contributed by atoms with Crippen molar-refractivity contribution >= 4 is 5.97 Å². The number of nitrogens with zero attached hydrogens (tertiary/aromatic N) is 1. The van der Waals surface area contributed by atoms with Crippen molar-refractivity contribution in [3.05, 3.63) is 0 Å². The van der Waals surface area contributed by atoms with E-state index in [4.69, 9.17) is 9.47 Å². The van der Waals surface area contributed by atoms with E-state index >= 15 is 0 Å². The van der Waals surface area contributed by atoms with Crippen molar-refractivity contribution in [1.29, 1.82) is 0 Å². The van der Waals surface area contributed by atoms with E-state index in [9.17, 15) is 4.79 Å². The number of hydrogen-bond acceptors (Lipinski definition) is 5. The number of morpholine rings is 1. The SMILES string of the molecule is COC(=O)C1(NC2CC2)CCCC1CCN1CCOCC1. The quantitative estimate of drug-likeness (QED) is 0.746. The largest absolute Gasteiger partial charge is 0.468 e. The van der Waals surface area contributed by atoms with Crippen LogP contribution in [0.5, 0.6) is 0 Å². The van der Waals surface area contributed by atoms with Crippen LogP contribution in [0.2, 0.25) is 0 Å². The maximum Gasteiger partial charge on any atom is 0.326 e. The van der Waals surface area contributed by atoms with Gasteiger partial charge in [0, 0.05) is 19.1 Å². The van der Waals surface area contributed by atoms with Crippen molar-refractivity contribution in [1.82, 2.24) is 10.2 Å². The van der Waals surface area contributed by atoms with E-state index in [1.165, 1.54) is 20.0 Å². The molecule has 1 aliphatic heterocycles. The Hall–Kier alpha value is -0.650. The van der Waals surface area contributed by atoms with Gasteiger partial charge in [-0.1, -0.05) is 6.42 Å². The molecule has 3 rings (SSSR count). The van der Waals surface area contributed by atoms with Crippen LogP contribution < -0.4 is 5.32 Å². The summed E-state index contributed by atoms with van der Waals surface area (Å²) in [4.78, 5) is 14.9. The highest BCUT2D eigenvalue weighted by molar-refractivity contribution is 5.81. The van der Waals surface area contributed by atoms with Crippen LogP contribution in [0.3, 0.4) is 0 Å². The molecule has 2 atom stereocenters. The number of ether oxygens (including phenoxy) is 2. The molecule has 1 N–H and O–H groups in total. The molecule has 0 radical (unpaired) electrons. The molecule has 2 aliphatic carbocycles. The Kier molecular flexibility index (Phi) is 4.82. The third-order valence-corrected chi connectivity index (χ3v) is 5.31. The molecule has 2 saturated carbocycles. The monoisotopic (exact) mass is 296 g/mol. The van der Waals surface area contributed by atoms with Crippen LogP contribution >= 0.6 is 0 Å². The number of carbonyl (C=O) groups is 1. The van der Waals surface area contributed by atoms with E-state index in [1.807, 2.05) is 0 Å². The molecule has 3 aliphatic rings. The summed E-state index contributed by atoms with van der Waals surface area (Å²) in [5, 5.41) is 3.64. The third kappa shape index (κ3) is 3.41. The first kappa shape index (κ1) is 15.3. The highest BCUT2D eigenvalue weighted by atomic mass is 16.5. The maximum atomic E-state index is 12.4. The van der Waals surface area contributed by atoms with Gasteiger partial charge in [0.05, 0.1) is 20.3 Å². The third-order valence-electron chi connectivity index (χ3n) is 5.31. The van der Waals surface area contributed by atoms with Crippen LogP contribution in [0.25, 0.3) is 0 Å². The van der Waals surface area contributed by atoms with Gasteiger partial charge in [-0.05, 0) is 44.6 Å². The van der Waals surface area contributed by atoms with Crippen LogP contribution in [0.15, 0.2) is 0 Å². The summed E-state index contributed by atoms with van der Waals surface area (Å²) in [5.41, 5.74) is -0.414. The van der Waals surface area contributed by atoms with Crippen LogP contribution in [0.4, 0.5) is 0 Å². The Morgan fingerprint density at radius 1 is 1.33 bits per heavy atom. The number of hydrogen-bond donors (Lipinski definition) is 1. The smallest absolute Gasteiger partial charge is 0.326 e. The fourth-order valence-corrected chi connectivity index (χ4v) is 3.92. The average Bonchev–Trinajstić information content (AvgIpc) is 3.24. The molecule has 0 bridgehead atoms. The lowest BCUT2D eigenvalue weighted by Crippen LogP contribution is -2.56. The number of esters is 1. The number of nitrogens with one attached hydrogen (secondary N) is 1. The first-order valence-corrected chi connectivity index (χ1v) is 8.41. The van der Waals surface area contributed by atoms with Gasteiger partial charge in [-0.3, -0.25) is 15.0 Å². The standard InChI is InChI=1S/C16H28N2O3/c1-20-15(19)16(17-14-4-5-14)7-2-3-13(16)6-8-18-9-11-21-12-10-18/h13-14,17H,2-12H2,1H3. The van der Waals surface area contributed by atoms with Gasteiger partial charge in [-0.2, -0.15) is 0 Å². The van der Waals surface area contributed by atoms with Gasteiger partial charge in [-0.25, -0.2) is 0 Å². The zero-order valence-electron chi connectivity index (χ0n) is 13.1. The number of carbonyl (C=O) groups excluding carboxylic acids is 1. The lowest BCUT2D eigenvalue weighted by molar-refractivity contribution is -0.150. The summed E-state index contributed by atoms with van der Waals surface area (Å²) in [5.74, 6) is 0.368. The number of methoxy groups -OCH3 is 1. The van der Waals surface area contributed by atoms with E-state index < -0.39 is 5.54 Å². The molecule has 0 aromatic heterocycles. The molecule has 0 aromatic carbocycles. The van der Waals surface area contributed by atoms with Crippen molar-refractivity contribution in [2.45, 2.75) is 50.1 Å². The van der Waals surface area contributed by atoms with E-state index in [0.717, 1.165) is 58.5 Å². The van der Waals surface area contributed by atoms with Crippen LogP contribution in [0, 0.1) is 5.92 Å². The normalized spacial score (nSPS) is 34.0. The summed E-state index contributed by atoms with van der Waals surface area (Å²) < 4.78 is 10.6. The number of rotatable bonds is 6. The van der Waals surface area contributed by atoms with E-state index in [2.05, 4.69) is 10.2 Å². The lowest BCUT2D eigenvalue weighted by atomic mass is 9.84. The van der Waals surface area contributed by atoms with Gasteiger partial charge in [0.25, 0.3) is 0 Å². The van der Waals surface area contributed by atoms with E-state index in [-0.39, 0.29) is 5.97 Å². The maximum absolute atomic E-state index is 12.4. The predicted molar refractivity (Wildman–Crippen MR) is 80.1 cm³/mol. The van der Waals surface area contributed by atoms with Crippen molar-refractivity contribution < 1.29 is 14.3 Å². The summed E-state index contributed by atoms with van der Waals surface area (Å²) in [6, 6.07) is 0.535. The summed E-state index contributed by atoms with van der Waals surface area (Å²) in [6.07, 6.45) is 6.68. The molecule has 120 valence electrons. The van der Waals surface area contributed by atoms with Gasteiger partial charge in [0.1, 0.15) is 5.54 Å². The minimum Gasteiger partial charge on any atom is -0.468 e. The topological polar surface area (TPSA) is 50.8 Å². The second-order valence-corrected chi connectivity index (χ2v) is 6.71. The van der Waals surface area contributed by atoms with Crippen molar-refractivity contribution in [3.63, 3.8) is 0 Å². The Morgan fingerprint density at radius 3 is 2.76 bits per heavy atom. The Morgan fingerprint density at radius 2 is 2.10 bits per heavy atom. The molecule has 5 nitrogen and oxygen atoms in total. The summed E-state index contributed by atoms with van der Waals surface area (Å²) in [7, 11) is 1.52. The van der Waals surface area contributed by atoms with E-state index in [0.29, 0.717) is 12.0 Å². The fourth-order valence-electron chi connectivity index (χ4n) is 3.92. The van der Waals surface area contributed by atoms with Crippen LogP contribution in [-0.4, -0.2) is 62.4 Å². The first-order chi connectivity index (χ1) is 10.2. The zero-order chi connectivity index (χ0) is 14.7. The van der Waals surface area contributed by atoms with Gasteiger partial charge >= 0.3 is 5.97 Å². The van der Waals surface area contributed by atoms with Crippen LogP contribution in [-0.2, 0) is 14.3 Å². The van der Waals surface area contributed by atoms with Crippen molar-refractivity contribution in [2.24, 2.45) is 5.92 Å². The molecule has 2 unspecified atom stereocenters. The highest BCUT2D eigenvalue weighted by Gasteiger charge is 2.51. The summed E-state index contributed by atoms with van der Waals surface area (Å²) >= 11 is 0. The molecule has 21 heavy (non-hydrogen) atoms. The lowest BCUT2D eigenvalue weighted by Gasteiger charge is -2.36. The van der Waals surface area contributed by atoms with Gasteiger partial charge < -0.3 is 9.47 Å². The van der Waals surface area contributed by atoms with Gasteiger partial charge in [0.15, 0.2) is 0 Å². The minimum absolute atomic E-state index is 0.0427. The highest BCUT2D eigenvalue weighted by Crippen LogP contribution is 2.41. The first-order valence-electron chi connectivity index (χ1n) is 8.41. The van der Waals surface area contributed by atoms with Crippen molar-refractivity contribution in [3.8, 4) is 0 Å². The van der Waals surface area contributed by atoms with Crippen molar-refractivity contribution in [2.75, 3.05) is 40.0 Å². The molecule has 0 amide bonds. The molecular formula is C16H28N2O3. The van der Waals surface area contributed by atoms with E-state index in [1.54, 1.807) is 0 Å². The Bertz CT molecular complexity index is 367.